The first kappa shape index (κ1) is 15.0. The number of nitrogen functional groups attached to an aromatic ring is 1. The van der Waals surface area contributed by atoms with E-state index in [0.717, 1.165) is 11.3 Å². The minimum atomic E-state index is -0.436. The molecular formula is C16H18FN3O. The van der Waals surface area contributed by atoms with Gasteiger partial charge in [0.2, 0.25) is 0 Å². The van der Waals surface area contributed by atoms with E-state index in [1.165, 1.54) is 18.2 Å². The lowest BCUT2D eigenvalue weighted by molar-refractivity contribution is 0.0953. The lowest BCUT2D eigenvalue weighted by atomic mass is 10.1. The number of carbonyl (C=O) groups excluding carboxylic acids is 1. The van der Waals surface area contributed by atoms with Crippen molar-refractivity contribution in [1.82, 2.24) is 5.43 Å². The molecule has 0 saturated carbocycles. The molecule has 0 aliphatic heterocycles. The molecule has 4 nitrogen and oxygen atoms in total. The van der Waals surface area contributed by atoms with Crippen LogP contribution >= 0.6 is 0 Å². The molecule has 2 aromatic rings. The van der Waals surface area contributed by atoms with Gasteiger partial charge in [0.1, 0.15) is 5.82 Å². The summed E-state index contributed by atoms with van der Waals surface area (Å²) in [6, 6.07) is 12.1. The van der Waals surface area contributed by atoms with Crippen LogP contribution in [0.3, 0.4) is 0 Å². The number of nitrogens with two attached hydrogens (primary N) is 1. The lowest BCUT2D eigenvalue weighted by Crippen LogP contribution is -2.30. The molecule has 110 valence electrons. The average molecular weight is 287 g/mol. The number of nitrogens with one attached hydrogen (secondary N) is 1. The first-order valence-corrected chi connectivity index (χ1v) is 6.58. The quantitative estimate of drug-likeness (QED) is 0.515. The Morgan fingerprint density at radius 1 is 1.29 bits per heavy atom. The summed E-state index contributed by atoms with van der Waals surface area (Å²) in [5.74, 6) is 4.32. The van der Waals surface area contributed by atoms with Crippen molar-refractivity contribution in [2.45, 2.75) is 13.5 Å². The molecule has 1 amide bonds. The van der Waals surface area contributed by atoms with Gasteiger partial charge in [-0.05, 0) is 42.8 Å². The fourth-order valence-corrected chi connectivity index (χ4v) is 2.13. The van der Waals surface area contributed by atoms with Gasteiger partial charge in [-0.15, -0.1) is 0 Å². The van der Waals surface area contributed by atoms with E-state index >= 15 is 0 Å². The van der Waals surface area contributed by atoms with Gasteiger partial charge >= 0.3 is 0 Å². The number of rotatable bonds is 4. The van der Waals surface area contributed by atoms with Crippen molar-refractivity contribution < 1.29 is 9.18 Å². The largest absolute Gasteiger partial charge is 0.370 e. The predicted molar refractivity (Wildman–Crippen MR) is 81.3 cm³/mol. The van der Waals surface area contributed by atoms with Crippen molar-refractivity contribution in [2.75, 3.05) is 11.9 Å². The van der Waals surface area contributed by atoms with Crippen LogP contribution in [-0.4, -0.2) is 13.0 Å². The van der Waals surface area contributed by atoms with E-state index in [2.05, 4.69) is 0 Å². The van der Waals surface area contributed by atoms with Crippen LogP contribution < -0.4 is 16.2 Å². The predicted octanol–water partition coefficient (Wildman–Crippen LogP) is 2.37. The first-order valence-electron chi connectivity index (χ1n) is 6.58. The van der Waals surface area contributed by atoms with Crippen LogP contribution in [0.25, 0.3) is 0 Å². The molecule has 3 N–H and O–H groups in total. The number of nitrogens with zero attached hydrogens (tertiary/aromatic N) is 1. The van der Waals surface area contributed by atoms with Gasteiger partial charge < -0.3 is 4.90 Å². The van der Waals surface area contributed by atoms with E-state index in [1.807, 2.05) is 48.6 Å². The third kappa shape index (κ3) is 3.58. The normalized spacial score (nSPS) is 10.3. The number of halogens is 1. The standard InChI is InChI=1S/C16H18FN3O/c1-11-4-3-5-14(8-11)20(2)10-13-9-12(16(21)19-18)6-7-15(13)17/h3-9H,10,18H2,1-2H3,(H,19,21). The van der Waals surface area contributed by atoms with Gasteiger partial charge in [0.15, 0.2) is 0 Å². The van der Waals surface area contributed by atoms with Crippen molar-refractivity contribution in [3.8, 4) is 0 Å². The zero-order valence-corrected chi connectivity index (χ0v) is 12.1. The Labute approximate surface area is 123 Å². The maximum absolute atomic E-state index is 13.9. The maximum atomic E-state index is 13.9. The molecule has 5 heteroatoms. The van der Waals surface area contributed by atoms with Gasteiger partial charge in [0.25, 0.3) is 5.91 Å². The molecule has 0 aromatic heterocycles. The van der Waals surface area contributed by atoms with E-state index in [4.69, 9.17) is 5.84 Å². The van der Waals surface area contributed by atoms with Crippen LogP contribution in [0.4, 0.5) is 10.1 Å². The SMILES string of the molecule is Cc1cccc(N(C)Cc2cc(C(=O)NN)ccc2F)c1. The fraction of sp³-hybridized carbons (Fsp3) is 0.188. The molecule has 0 unspecified atom stereocenters. The summed E-state index contributed by atoms with van der Waals surface area (Å²) in [7, 11) is 1.88. The van der Waals surface area contributed by atoms with Crippen LogP contribution in [0.1, 0.15) is 21.5 Å². The Morgan fingerprint density at radius 3 is 2.71 bits per heavy atom. The first-order chi connectivity index (χ1) is 10.0. The van der Waals surface area contributed by atoms with Gasteiger partial charge in [0.05, 0.1) is 0 Å². The second-order valence-corrected chi connectivity index (χ2v) is 4.97. The van der Waals surface area contributed by atoms with E-state index in [9.17, 15) is 9.18 Å². The maximum Gasteiger partial charge on any atom is 0.265 e. The highest BCUT2D eigenvalue weighted by molar-refractivity contribution is 5.93. The fourth-order valence-electron chi connectivity index (χ4n) is 2.13. The molecule has 0 radical (unpaired) electrons. The minimum Gasteiger partial charge on any atom is -0.370 e. The Balaban J connectivity index is 2.24. The third-order valence-corrected chi connectivity index (χ3v) is 3.29. The molecular weight excluding hydrogens is 269 g/mol. The van der Waals surface area contributed by atoms with Crippen molar-refractivity contribution in [1.29, 1.82) is 0 Å². The average Bonchev–Trinajstić information content (AvgIpc) is 2.48. The van der Waals surface area contributed by atoms with Crippen molar-refractivity contribution in [3.05, 3.63) is 65.0 Å². The van der Waals surface area contributed by atoms with Gasteiger partial charge in [-0.2, -0.15) is 0 Å². The second-order valence-electron chi connectivity index (χ2n) is 4.97. The van der Waals surface area contributed by atoms with E-state index in [1.54, 1.807) is 0 Å². The van der Waals surface area contributed by atoms with Crippen LogP contribution in [0, 0.1) is 12.7 Å². The van der Waals surface area contributed by atoms with E-state index in [0.29, 0.717) is 17.7 Å². The number of amides is 1. The zero-order chi connectivity index (χ0) is 15.4. The molecule has 0 saturated heterocycles. The summed E-state index contributed by atoms with van der Waals surface area (Å²) < 4.78 is 13.9. The summed E-state index contributed by atoms with van der Waals surface area (Å²) in [4.78, 5) is 13.4. The van der Waals surface area contributed by atoms with Crippen molar-refractivity contribution >= 4 is 11.6 Å². The van der Waals surface area contributed by atoms with Crippen LogP contribution in [0.2, 0.25) is 0 Å². The smallest absolute Gasteiger partial charge is 0.265 e. The number of aryl methyl sites for hydroxylation is 1. The number of anilines is 1. The number of hydrogen-bond acceptors (Lipinski definition) is 3. The van der Waals surface area contributed by atoms with Gasteiger partial charge in [-0.1, -0.05) is 12.1 Å². The van der Waals surface area contributed by atoms with Crippen molar-refractivity contribution in [3.63, 3.8) is 0 Å². The summed E-state index contributed by atoms with van der Waals surface area (Å²) >= 11 is 0. The molecule has 2 rings (SSSR count). The van der Waals surface area contributed by atoms with Gasteiger partial charge in [-0.3, -0.25) is 10.2 Å². The molecule has 0 aliphatic rings. The highest BCUT2D eigenvalue weighted by atomic mass is 19.1. The summed E-state index contributed by atoms with van der Waals surface area (Å²) in [6.45, 7) is 2.37. The highest BCUT2D eigenvalue weighted by Gasteiger charge is 2.11. The molecule has 0 atom stereocenters. The molecule has 2 aromatic carbocycles. The Kier molecular flexibility index (Phi) is 4.55. The minimum absolute atomic E-state index is 0.339. The number of hydrazine groups is 1. The molecule has 0 bridgehead atoms. The number of carbonyl (C=O) groups is 1. The molecule has 21 heavy (non-hydrogen) atoms. The Hall–Kier alpha value is -2.40. The Bertz CT molecular complexity index is 658. The van der Waals surface area contributed by atoms with Gasteiger partial charge in [-0.25, -0.2) is 10.2 Å². The lowest BCUT2D eigenvalue weighted by Gasteiger charge is -2.20. The van der Waals surface area contributed by atoms with Gasteiger partial charge in [0, 0.05) is 30.4 Å². The number of benzene rings is 2. The van der Waals surface area contributed by atoms with E-state index in [-0.39, 0.29) is 5.82 Å². The van der Waals surface area contributed by atoms with Crippen molar-refractivity contribution in [2.24, 2.45) is 5.84 Å². The van der Waals surface area contributed by atoms with E-state index < -0.39 is 5.91 Å². The summed E-state index contributed by atoms with van der Waals surface area (Å²) in [6.07, 6.45) is 0. The molecule has 0 fully saturated rings. The van der Waals surface area contributed by atoms with Crippen LogP contribution in [-0.2, 0) is 6.54 Å². The molecule has 0 aliphatic carbocycles. The molecule has 0 spiro atoms. The zero-order valence-electron chi connectivity index (χ0n) is 12.1. The molecule has 0 heterocycles. The van der Waals surface area contributed by atoms with Crippen LogP contribution in [0.5, 0.6) is 0 Å². The second kappa shape index (κ2) is 6.37. The highest BCUT2D eigenvalue weighted by Crippen LogP contribution is 2.19. The summed E-state index contributed by atoms with van der Waals surface area (Å²) in [5, 5.41) is 0. The van der Waals surface area contributed by atoms with Crippen LogP contribution in [0.15, 0.2) is 42.5 Å². The monoisotopic (exact) mass is 287 g/mol. The number of hydrogen-bond donors (Lipinski definition) is 2. The topological polar surface area (TPSA) is 58.4 Å². The Morgan fingerprint density at radius 2 is 2.05 bits per heavy atom. The third-order valence-electron chi connectivity index (χ3n) is 3.29. The summed E-state index contributed by atoms with van der Waals surface area (Å²) in [5.41, 5.74) is 4.95.